The van der Waals surface area contributed by atoms with Crippen molar-refractivity contribution in [2.45, 2.75) is 12.8 Å². The van der Waals surface area contributed by atoms with E-state index in [1.165, 1.54) is 0 Å². The van der Waals surface area contributed by atoms with Gasteiger partial charge in [0.1, 0.15) is 11.5 Å². The van der Waals surface area contributed by atoms with Gasteiger partial charge in [-0.2, -0.15) is 0 Å². The number of hydrogen-bond donors (Lipinski definition) is 1. The van der Waals surface area contributed by atoms with Gasteiger partial charge in [0.25, 0.3) is 11.8 Å². The Balaban J connectivity index is 1.29. The minimum absolute atomic E-state index is 0.00707. The van der Waals surface area contributed by atoms with Crippen LogP contribution in [-0.2, 0) is 9.59 Å². The molecular formula is C22H24Cl2N2O4. The van der Waals surface area contributed by atoms with Crippen molar-refractivity contribution in [3.63, 3.8) is 0 Å². The van der Waals surface area contributed by atoms with E-state index >= 15 is 0 Å². The number of carbonyl (C=O) groups excluding carboxylic acids is 2. The van der Waals surface area contributed by atoms with E-state index in [-0.39, 0.29) is 25.0 Å². The lowest BCUT2D eigenvalue weighted by atomic mass is 10.1. The molecule has 2 amide bonds. The number of rotatable bonds is 9. The summed E-state index contributed by atoms with van der Waals surface area (Å²) in [6.45, 7) is 1.91. The third kappa shape index (κ3) is 7.11. The smallest absolute Gasteiger partial charge is 0.260 e. The zero-order valence-electron chi connectivity index (χ0n) is 16.5. The van der Waals surface area contributed by atoms with Crippen LogP contribution in [0.3, 0.4) is 0 Å². The lowest BCUT2D eigenvalue weighted by molar-refractivity contribution is -0.132. The maximum atomic E-state index is 12.3. The second kappa shape index (κ2) is 11.1. The van der Waals surface area contributed by atoms with Gasteiger partial charge >= 0.3 is 0 Å². The lowest BCUT2D eigenvalue weighted by Gasteiger charge is -2.17. The summed E-state index contributed by atoms with van der Waals surface area (Å²) in [6.07, 6.45) is 1.73. The van der Waals surface area contributed by atoms with Gasteiger partial charge in [0.05, 0.1) is 0 Å². The molecule has 1 atom stereocenters. The second-order valence-electron chi connectivity index (χ2n) is 7.12. The van der Waals surface area contributed by atoms with E-state index in [1.54, 1.807) is 48.5 Å². The molecule has 30 heavy (non-hydrogen) atoms. The van der Waals surface area contributed by atoms with Crippen molar-refractivity contribution in [1.29, 1.82) is 0 Å². The van der Waals surface area contributed by atoms with Crippen molar-refractivity contribution >= 4 is 35.0 Å². The Morgan fingerprint density at radius 1 is 0.933 bits per heavy atom. The van der Waals surface area contributed by atoms with Crippen LogP contribution in [0.4, 0.5) is 0 Å². The first kappa shape index (κ1) is 22.2. The van der Waals surface area contributed by atoms with Crippen molar-refractivity contribution in [2.75, 3.05) is 32.8 Å². The van der Waals surface area contributed by atoms with Crippen molar-refractivity contribution in [1.82, 2.24) is 10.2 Å². The fourth-order valence-electron chi connectivity index (χ4n) is 3.21. The van der Waals surface area contributed by atoms with Crippen LogP contribution >= 0.6 is 23.2 Å². The van der Waals surface area contributed by atoms with Crippen LogP contribution in [0.5, 0.6) is 11.5 Å². The van der Waals surface area contributed by atoms with E-state index in [4.69, 9.17) is 32.7 Å². The zero-order chi connectivity index (χ0) is 21.3. The Morgan fingerprint density at radius 3 is 2.10 bits per heavy atom. The lowest BCUT2D eigenvalue weighted by Crippen LogP contribution is -2.34. The molecule has 1 heterocycles. The number of amides is 2. The first-order chi connectivity index (χ1) is 14.5. The molecule has 1 saturated heterocycles. The minimum atomic E-state index is -0.174. The molecule has 1 unspecified atom stereocenters. The molecule has 8 heteroatoms. The van der Waals surface area contributed by atoms with Crippen molar-refractivity contribution in [2.24, 2.45) is 5.92 Å². The van der Waals surface area contributed by atoms with Crippen LogP contribution in [0.1, 0.15) is 12.8 Å². The van der Waals surface area contributed by atoms with Crippen LogP contribution in [0.2, 0.25) is 10.0 Å². The van der Waals surface area contributed by atoms with Gasteiger partial charge in [-0.15, -0.1) is 0 Å². The Bertz CT molecular complexity index is 843. The maximum Gasteiger partial charge on any atom is 0.260 e. The number of likely N-dealkylation sites (tertiary alicyclic amines) is 1. The largest absolute Gasteiger partial charge is 0.484 e. The quantitative estimate of drug-likeness (QED) is 0.630. The van der Waals surface area contributed by atoms with Crippen molar-refractivity contribution < 1.29 is 19.1 Å². The molecule has 1 aliphatic rings. The van der Waals surface area contributed by atoms with Gasteiger partial charge in [0, 0.05) is 29.7 Å². The molecular weight excluding hydrogens is 427 g/mol. The van der Waals surface area contributed by atoms with E-state index in [0.717, 1.165) is 12.8 Å². The number of nitrogens with one attached hydrogen (secondary N) is 1. The minimum Gasteiger partial charge on any atom is -0.484 e. The monoisotopic (exact) mass is 450 g/mol. The van der Waals surface area contributed by atoms with Crippen LogP contribution in [-0.4, -0.2) is 49.6 Å². The highest BCUT2D eigenvalue weighted by Crippen LogP contribution is 2.20. The summed E-state index contributed by atoms with van der Waals surface area (Å²) < 4.78 is 10.9. The number of nitrogens with zero attached hydrogens (tertiary/aromatic N) is 1. The summed E-state index contributed by atoms with van der Waals surface area (Å²) in [5.41, 5.74) is 0. The van der Waals surface area contributed by atoms with Gasteiger partial charge in [-0.1, -0.05) is 23.2 Å². The standard InChI is InChI=1S/C22H24Cl2N2O4/c23-17-1-5-19(6-2-17)29-14-21(27)25-11-9-16-10-12-26(13-16)22(28)15-30-20-7-3-18(24)4-8-20/h1-8,16H,9-15H2,(H,25,27). The highest BCUT2D eigenvalue weighted by molar-refractivity contribution is 6.30. The molecule has 3 rings (SSSR count). The van der Waals surface area contributed by atoms with Crippen LogP contribution in [0, 0.1) is 5.92 Å². The van der Waals surface area contributed by atoms with Crippen molar-refractivity contribution in [3.05, 3.63) is 58.6 Å². The molecule has 0 radical (unpaired) electrons. The third-order valence-corrected chi connectivity index (χ3v) is 5.38. The van der Waals surface area contributed by atoms with E-state index < -0.39 is 0 Å². The first-order valence-corrected chi connectivity index (χ1v) is 10.6. The van der Waals surface area contributed by atoms with Crippen LogP contribution in [0.15, 0.2) is 48.5 Å². The molecule has 0 aromatic heterocycles. The highest BCUT2D eigenvalue weighted by Gasteiger charge is 2.26. The second-order valence-corrected chi connectivity index (χ2v) is 7.99. The molecule has 0 saturated carbocycles. The van der Waals surface area contributed by atoms with Gasteiger partial charge in [-0.05, 0) is 67.3 Å². The predicted molar refractivity (Wildman–Crippen MR) is 116 cm³/mol. The number of benzene rings is 2. The number of ether oxygens (including phenoxy) is 2. The Labute approximate surface area is 186 Å². The highest BCUT2D eigenvalue weighted by atomic mass is 35.5. The molecule has 0 spiro atoms. The topological polar surface area (TPSA) is 67.9 Å². The Morgan fingerprint density at radius 2 is 1.50 bits per heavy atom. The molecule has 1 fully saturated rings. The van der Waals surface area contributed by atoms with Gasteiger partial charge in [0.2, 0.25) is 0 Å². The SMILES string of the molecule is O=C(COc1ccc(Cl)cc1)NCCC1CCN(C(=O)COc2ccc(Cl)cc2)C1. The summed E-state index contributed by atoms with van der Waals surface area (Å²) >= 11 is 11.7. The zero-order valence-corrected chi connectivity index (χ0v) is 18.0. The van der Waals surface area contributed by atoms with E-state index in [2.05, 4.69) is 5.32 Å². The van der Waals surface area contributed by atoms with Gasteiger partial charge in [0.15, 0.2) is 13.2 Å². The fourth-order valence-corrected chi connectivity index (χ4v) is 3.46. The van der Waals surface area contributed by atoms with Gasteiger partial charge < -0.3 is 19.7 Å². The molecule has 2 aromatic carbocycles. The maximum absolute atomic E-state index is 12.3. The van der Waals surface area contributed by atoms with Crippen LogP contribution in [0.25, 0.3) is 0 Å². The molecule has 160 valence electrons. The average Bonchev–Trinajstić information content (AvgIpc) is 3.22. The Kier molecular flexibility index (Phi) is 8.22. The molecule has 1 N–H and O–H groups in total. The predicted octanol–water partition coefficient (Wildman–Crippen LogP) is 3.81. The van der Waals surface area contributed by atoms with Gasteiger partial charge in [-0.25, -0.2) is 0 Å². The summed E-state index contributed by atoms with van der Waals surface area (Å²) in [6, 6.07) is 13.8. The van der Waals surface area contributed by atoms with Crippen LogP contribution < -0.4 is 14.8 Å². The summed E-state index contributed by atoms with van der Waals surface area (Å²) in [5, 5.41) is 4.10. The number of hydrogen-bond acceptors (Lipinski definition) is 4. The third-order valence-electron chi connectivity index (χ3n) is 4.87. The molecule has 0 aliphatic carbocycles. The Hall–Kier alpha value is -2.44. The molecule has 6 nitrogen and oxygen atoms in total. The van der Waals surface area contributed by atoms with E-state index in [9.17, 15) is 9.59 Å². The normalized spacial score (nSPS) is 15.7. The number of carbonyl (C=O) groups is 2. The fraction of sp³-hybridized carbons (Fsp3) is 0.364. The van der Waals surface area contributed by atoms with Gasteiger partial charge in [-0.3, -0.25) is 9.59 Å². The molecule has 0 bridgehead atoms. The van der Waals surface area contributed by atoms with E-state index in [0.29, 0.717) is 47.1 Å². The molecule has 2 aromatic rings. The first-order valence-electron chi connectivity index (χ1n) is 9.81. The van der Waals surface area contributed by atoms with E-state index in [1.807, 2.05) is 4.90 Å². The summed E-state index contributed by atoms with van der Waals surface area (Å²) in [5.74, 6) is 1.37. The number of halogens is 2. The van der Waals surface area contributed by atoms with Crippen molar-refractivity contribution in [3.8, 4) is 11.5 Å². The summed E-state index contributed by atoms with van der Waals surface area (Å²) in [4.78, 5) is 26.1. The average molecular weight is 451 g/mol. The molecule has 1 aliphatic heterocycles. The summed E-state index contributed by atoms with van der Waals surface area (Å²) in [7, 11) is 0.